The van der Waals surface area contributed by atoms with Crippen LogP contribution in [0.1, 0.15) is 24.7 Å². The Morgan fingerprint density at radius 2 is 2.00 bits per heavy atom. The predicted octanol–water partition coefficient (Wildman–Crippen LogP) is 1.09. The maximum Gasteiger partial charge on any atom is 0.353 e. The Balaban J connectivity index is 1.92. The number of aryl methyl sites for hydroxylation is 2. The van der Waals surface area contributed by atoms with Crippen molar-refractivity contribution in [2.24, 2.45) is 5.92 Å². The second kappa shape index (κ2) is 5.61. The molecule has 1 aromatic rings. The summed E-state index contributed by atoms with van der Waals surface area (Å²) < 4.78 is 0. The van der Waals surface area contributed by atoms with Crippen LogP contribution in [-0.4, -0.2) is 49.1 Å². The topological polar surface area (TPSA) is 104 Å². The third-order valence-corrected chi connectivity index (χ3v) is 5.04. The van der Waals surface area contributed by atoms with Crippen LogP contribution in [0.4, 0.5) is 0 Å². The molecule has 1 amide bonds. The Hall–Kier alpha value is -1.93. The molecule has 1 saturated heterocycles. The van der Waals surface area contributed by atoms with Gasteiger partial charge in [0.2, 0.25) is 5.91 Å². The zero-order chi connectivity index (χ0) is 16.9. The van der Waals surface area contributed by atoms with Crippen molar-refractivity contribution in [2.45, 2.75) is 44.5 Å². The van der Waals surface area contributed by atoms with Crippen LogP contribution in [0.15, 0.2) is 21.8 Å². The Morgan fingerprint density at radius 1 is 1.39 bits per heavy atom. The second-order valence-corrected chi connectivity index (χ2v) is 6.92. The number of aliphatic hydroxyl groups excluding tert-OH is 1. The van der Waals surface area contributed by atoms with E-state index in [9.17, 15) is 19.8 Å². The molecule has 122 valence electrons. The molecule has 1 aromatic heterocycles. The number of hydrogen-bond donors (Lipinski definition) is 2. The minimum Gasteiger partial charge on any atom is -0.477 e. The van der Waals surface area contributed by atoms with E-state index < -0.39 is 18.0 Å². The van der Waals surface area contributed by atoms with E-state index in [2.05, 4.69) is 9.97 Å². The second-order valence-electron chi connectivity index (χ2n) is 5.86. The number of carboxylic acids is 1. The number of aliphatic hydroxyl groups is 1. The highest BCUT2D eigenvalue weighted by atomic mass is 32.2. The number of nitrogens with zero attached hydrogens (tertiary/aromatic N) is 3. The normalized spacial score (nSPS) is 24.5. The first-order valence-corrected chi connectivity index (χ1v) is 8.09. The highest BCUT2D eigenvalue weighted by molar-refractivity contribution is 8.03. The Labute approximate surface area is 137 Å². The Bertz CT molecular complexity index is 711. The van der Waals surface area contributed by atoms with Gasteiger partial charge in [0, 0.05) is 22.7 Å². The number of β-lactam (4-membered cyclic amide) rings is 1. The van der Waals surface area contributed by atoms with Crippen LogP contribution < -0.4 is 0 Å². The molecule has 2 aliphatic heterocycles. The third-order valence-electron chi connectivity index (χ3n) is 4.07. The van der Waals surface area contributed by atoms with Gasteiger partial charge in [-0.2, -0.15) is 0 Å². The predicted molar refractivity (Wildman–Crippen MR) is 82.4 cm³/mol. The lowest BCUT2D eigenvalue weighted by atomic mass is 9.83. The summed E-state index contributed by atoms with van der Waals surface area (Å²) in [6.07, 6.45) is -0.384. The zero-order valence-corrected chi connectivity index (χ0v) is 13.8. The van der Waals surface area contributed by atoms with Gasteiger partial charge in [-0.1, -0.05) is 11.8 Å². The average molecular weight is 335 g/mol. The van der Waals surface area contributed by atoms with Crippen LogP contribution in [0.3, 0.4) is 0 Å². The standard InChI is InChI=1S/C15H17N3O4S/c1-6-4-7(2)17-15(16-6)23-10-5-9-11(8(3)19)13(20)18(9)12(10)14(21)22/h4,8-9,11,19H,5H2,1-3H3,(H,21,22)/t8-,9?,11?/m1/s1. The minimum atomic E-state index is -1.14. The van der Waals surface area contributed by atoms with E-state index in [1.165, 1.54) is 16.7 Å². The smallest absolute Gasteiger partial charge is 0.353 e. The molecule has 23 heavy (non-hydrogen) atoms. The van der Waals surface area contributed by atoms with E-state index in [0.717, 1.165) is 11.4 Å². The van der Waals surface area contributed by atoms with Crippen LogP contribution in [0, 0.1) is 19.8 Å². The molecule has 0 radical (unpaired) electrons. The number of aromatic nitrogens is 2. The molecule has 2 N–H and O–H groups in total. The van der Waals surface area contributed by atoms with Crippen molar-refractivity contribution in [1.29, 1.82) is 0 Å². The number of fused-ring (bicyclic) bond motifs is 1. The fourth-order valence-corrected chi connectivity index (χ4v) is 4.31. The fourth-order valence-electron chi connectivity index (χ4n) is 3.17. The zero-order valence-electron chi connectivity index (χ0n) is 13.0. The molecule has 0 bridgehead atoms. The van der Waals surface area contributed by atoms with Crippen LogP contribution in [-0.2, 0) is 9.59 Å². The van der Waals surface area contributed by atoms with Crippen molar-refractivity contribution in [1.82, 2.24) is 14.9 Å². The fraction of sp³-hybridized carbons (Fsp3) is 0.467. The van der Waals surface area contributed by atoms with Gasteiger partial charge in [0.15, 0.2) is 5.16 Å². The first kappa shape index (κ1) is 15.9. The molecule has 0 saturated carbocycles. The van der Waals surface area contributed by atoms with Gasteiger partial charge < -0.3 is 15.1 Å². The molecule has 3 rings (SSSR count). The molecule has 3 atom stereocenters. The third kappa shape index (κ3) is 2.61. The van der Waals surface area contributed by atoms with Gasteiger partial charge in [-0.15, -0.1) is 0 Å². The molecule has 8 heteroatoms. The first-order chi connectivity index (χ1) is 10.8. The van der Waals surface area contributed by atoms with Crippen LogP contribution >= 0.6 is 11.8 Å². The summed E-state index contributed by atoms with van der Waals surface area (Å²) >= 11 is 1.18. The van der Waals surface area contributed by atoms with Crippen molar-refractivity contribution in [2.75, 3.05) is 0 Å². The molecule has 3 heterocycles. The van der Waals surface area contributed by atoms with Gasteiger partial charge in [0.25, 0.3) is 0 Å². The van der Waals surface area contributed by atoms with E-state index in [0.29, 0.717) is 16.5 Å². The highest BCUT2D eigenvalue weighted by Gasteiger charge is 2.56. The summed E-state index contributed by atoms with van der Waals surface area (Å²) in [5.74, 6) is -2.02. The van der Waals surface area contributed by atoms with Crippen molar-refractivity contribution < 1.29 is 19.8 Å². The monoisotopic (exact) mass is 335 g/mol. The number of carbonyl (C=O) groups excluding carboxylic acids is 1. The van der Waals surface area contributed by atoms with E-state index in [1.807, 2.05) is 19.9 Å². The molecule has 0 spiro atoms. The summed E-state index contributed by atoms with van der Waals surface area (Å²) in [6.45, 7) is 5.25. The summed E-state index contributed by atoms with van der Waals surface area (Å²) in [7, 11) is 0. The number of hydrogen-bond acceptors (Lipinski definition) is 6. The lowest BCUT2D eigenvalue weighted by Crippen LogP contribution is -2.61. The molecule has 0 aliphatic carbocycles. The van der Waals surface area contributed by atoms with Gasteiger partial charge in [-0.05, 0) is 26.8 Å². The van der Waals surface area contributed by atoms with E-state index in [4.69, 9.17) is 0 Å². The van der Waals surface area contributed by atoms with Crippen molar-refractivity contribution in [3.8, 4) is 0 Å². The molecular weight excluding hydrogens is 318 g/mol. The van der Waals surface area contributed by atoms with Gasteiger partial charge in [-0.3, -0.25) is 4.79 Å². The molecule has 0 aromatic carbocycles. The largest absolute Gasteiger partial charge is 0.477 e. The van der Waals surface area contributed by atoms with E-state index in [1.54, 1.807) is 6.92 Å². The maximum absolute atomic E-state index is 12.1. The lowest BCUT2D eigenvalue weighted by molar-refractivity contribution is -0.161. The number of aliphatic carboxylic acids is 1. The van der Waals surface area contributed by atoms with Crippen molar-refractivity contribution in [3.05, 3.63) is 28.1 Å². The molecule has 7 nitrogen and oxygen atoms in total. The molecule has 2 unspecified atom stereocenters. The number of carbonyl (C=O) groups is 2. The Kier molecular flexibility index (Phi) is 3.89. The molecule has 1 fully saturated rings. The van der Waals surface area contributed by atoms with Gasteiger partial charge in [0.05, 0.1) is 18.1 Å². The number of thioether (sulfide) groups is 1. The summed E-state index contributed by atoms with van der Waals surface area (Å²) in [4.78, 5) is 34.2. The van der Waals surface area contributed by atoms with Gasteiger partial charge in [0.1, 0.15) is 5.70 Å². The highest BCUT2D eigenvalue weighted by Crippen LogP contribution is 2.48. The quantitative estimate of drug-likeness (QED) is 0.627. The van der Waals surface area contributed by atoms with Crippen molar-refractivity contribution >= 4 is 23.6 Å². The SMILES string of the molecule is Cc1cc(C)nc(SC2=C(C(=O)O)N3C(=O)C([C@@H](C)O)C3C2)n1. The first-order valence-electron chi connectivity index (χ1n) is 7.27. The number of rotatable bonds is 4. The van der Waals surface area contributed by atoms with E-state index in [-0.39, 0.29) is 17.6 Å². The average Bonchev–Trinajstić information content (AvgIpc) is 2.71. The van der Waals surface area contributed by atoms with Crippen LogP contribution in [0.2, 0.25) is 0 Å². The van der Waals surface area contributed by atoms with E-state index >= 15 is 0 Å². The number of carboxylic acid groups (broad SMARTS) is 1. The van der Waals surface area contributed by atoms with Crippen LogP contribution in [0.5, 0.6) is 0 Å². The molecular formula is C15H17N3O4S. The molecule has 2 aliphatic rings. The van der Waals surface area contributed by atoms with Gasteiger partial charge >= 0.3 is 5.97 Å². The van der Waals surface area contributed by atoms with Crippen molar-refractivity contribution in [3.63, 3.8) is 0 Å². The maximum atomic E-state index is 12.1. The summed E-state index contributed by atoms with van der Waals surface area (Å²) in [6, 6.07) is 1.55. The van der Waals surface area contributed by atoms with Gasteiger partial charge in [-0.25, -0.2) is 14.8 Å². The summed E-state index contributed by atoms with van der Waals surface area (Å²) in [5, 5.41) is 19.7. The minimum absolute atomic E-state index is 0.00957. The summed E-state index contributed by atoms with van der Waals surface area (Å²) in [5.41, 5.74) is 1.60. The number of amides is 1. The Morgan fingerprint density at radius 3 is 2.52 bits per heavy atom. The lowest BCUT2D eigenvalue weighted by Gasteiger charge is -2.44. The van der Waals surface area contributed by atoms with Crippen LogP contribution in [0.25, 0.3) is 0 Å².